The van der Waals surface area contributed by atoms with Crippen LogP contribution in [-0.2, 0) is 23.1 Å². The molecule has 3 atom stereocenters. The van der Waals surface area contributed by atoms with E-state index >= 15 is 0 Å². The Morgan fingerprint density at radius 3 is 2.84 bits per heavy atom. The van der Waals surface area contributed by atoms with Crippen molar-refractivity contribution in [3.05, 3.63) is 43.3 Å². The third-order valence-corrected chi connectivity index (χ3v) is 9.56. The minimum atomic E-state index is -0.966. The van der Waals surface area contributed by atoms with Gasteiger partial charge in [-0.15, -0.1) is 27.8 Å². The van der Waals surface area contributed by atoms with Gasteiger partial charge in [0.2, 0.25) is 5.91 Å². The molecule has 196 valence electrons. The lowest BCUT2D eigenvalue weighted by Crippen LogP contribution is -2.46. The largest absolute Gasteiger partial charge is 0.344 e. The lowest BCUT2D eigenvalue weighted by atomic mass is 9.76. The van der Waals surface area contributed by atoms with E-state index in [-0.39, 0.29) is 36.3 Å². The molecule has 1 fully saturated rings. The lowest BCUT2D eigenvalue weighted by molar-refractivity contribution is -0.130. The number of fused-ring (bicyclic) bond motifs is 2. The molecule has 10 nitrogen and oxygen atoms in total. The standard InChI is InChI=1S/C25H32N8O2S2/c1-15(29-14-20(34)33-9-4-5-18(33)13-26)12-25(24(27)30-31-28)21-16(8-10-36-21)6-7-17-11-19(37-22(17)25)23(35)32(2)3/h8,10-11,15,18,29H,4-7,9,12,14H2,1-3H3,(H3,27,28,30)/t15-,18?,25?/m1/s1. The van der Waals surface area contributed by atoms with Crippen LogP contribution >= 0.6 is 22.7 Å². The van der Waals surface area contributed by atoms with Crippen LogP contribution in [-0.4, -0.2) is 66.7 Å². The number of nitrogens with two attached hydrogens (primary N) is 1. The first-order valence-electron chi connectivity index (χ1n) is 12.3. The number of thiophene rings is 2. The van der Waals surface area contributed by atoms with Crippen LogP contribution in [0.25, 0.3) is 0 Å². The summed E-state index contributed by atoms with van der Waals surface area (Å²) in [5.41, 5.74) is 1.20. The first-order valence-corrected chi connectivity index (χ1v) is 14.0. The van der Waals surface area contributed by atoms with Crippen LogP contribution in [0.1, 0.15) is 56.7 Å². The second kappa shape index (κ2) is 11.1. The molecule has 4 N–H and O–H groups in total. The molecule has 12 heteroatoms. The van der Waals surface area contributed by atoms with Gasteiger partial charge in [-0.05, 0) is 67.7 Å². The summed E-state index contributed by atoms with van der Waals surface area (Å²) in [5, 5.41) is 31.3. The van der Waals surface area contributed by atoms with Crippen molar-refractivity contribution < 1.29 is 9.59 Å². The second-order valence-corrected chi connectivity index (χ2v) is 11.7. The fourth-order valence-electron chi connectivity index (χ4n) is 5.32. The second-order valence-electron chi connectivity index (χ2n) is 9.77. The third kappa shape index (κ3) is 5.03. The molecule has 1 aliphatic heterocycles. The van der Waals surface area contributed by atoms with Crippen LogP contribution in [0.3, 0.4) is 0 Å². The van der Waals surface area contributed by atoms with E-state index < -0.39 is 5.41 Å². The first kappa shape index (κ1) is 26.9. The number of aryl methyl sites for hydroxylation is 2. The molecule has 3 heterocycles. The number of hydrogen-bond donors (Lipinski definition) is 3. The van der Waals surface area contributed by atoms with E-state index in [0.717, 1.165) is 40.1 Å². The Morgan fingerprint density at radius 1 is 1.38 bits per heavy atom. The van der Waals surface area contributed by atoms with Crippen molar-refractivity contribution in [1.82, 2.24) is 15.1 Å². The predicted molar refractivity (Wildman–Crippen MR) is 144 cm³/mol. The van der Waals surface area contributed by atoms with E-state index in [2.05, 4.69) is 27.8 Å². The van der Waals surface area contributed by atoms with Crippen molar-refractivity contribution in [3.63, 3.8) is 0 Å². The summed E-state index contributed by atoms with van der Waals surface area (Å²) in [7, 11) is 3.45. The minimum absolute atomic E-state index is 0.0108. The van der Waals surface area contributed by atoms with Crippen LogP contribution in [0.4, 0.5) is 0 Å². The highest BCUT2D eigenvalue weighted by molar-refractivity contribution is 7.15. The number of nitriles is 1. The number of hydrogen-bond acceptors (Lipinski definition) is 8. The van der Waals surface area contributed by atoms with Gasteiger partial charge >= 0.3 is 0 Å². The van der Waals surface area contributed by atoms with Gasteiger partial charge in [-0.3, -0.25) is 15.0 Å². The first-order chi connectivity index (χ1) is 17.7. The zero-order valence-corrected chi connectivity index (χ0v) is 22.9. The molecule has 2 amide bonds. The highest BCUT2D eigenvalue weighted by Crippen LogP contribution is 2.49. The van der Waals surface area contributed by atoms with Gasteiger partial charge in [0.1, 0.15) is 11.5 Å². The Hall–Kier alpha value is -3.14. The highest BCUT2D eigenvalue weighted by atomic mass is 32.1. The van der Waals surface area contributed by atoms with E-state index in [4.69, 9.17) is 11.3 Å². The maximum Gasteiger partial charge on any atom is 0.263 e. The van der Waals surface area contributed by atoms with E-state index in [1.807, 2.05) is 18.4 Å². The van der Waals surface area contributed by atoms with Crippen molar-refractivity contribution in [2.45, 2.75) is 56.5 Å². The summed E-state index contributed by atoms with van der Waals surface area (Å²) in [6, 6.07) is 5.67. The van der Waals surface area contributed by atoms with Crippen molar-refractivity contribution in [3.8, 4) is 6.07 Å². The van der Waals surface area contributed by atoms with E-state index in [9.17, 15) is 14.9 Å². The molecule has 0 bridgehead atoms. The number of nitrogens with zero attached hydrogens (tertiary/aromatic N) is 5. The molecule has 1 aliphatic carbocycles. The Bertz CT molecular complexity index is 1260. The molecule has 0 spiro atoms. The Balaban J connectivity index is 1.71. The third-order valence-electron chi connectivity index (χ3n) is 7.11. The predicted octanol–water partition coefficient (Wildman–Crippen LogP) is 3.08. The molecule has 0 saturated carbocycles. The SMILES string of the molecule is C[C@H](CC1(C(=N)N=NN)c2sccc2CCc2cc(C(=O)N(C)C)sc21)NCC(=O)N1CCCC1C#N. The zero-order valence-electron chi connectivity index (χ0n) is 21.3. The van der Waals surface area contributed by atoms with Gasteiger partial charge < -0.3 is 21.0 Å². The minimum Gasteiger partial charge on any atom is -0.344 e. The van der Waals surface area contributed by atoms with Gasteiger partial charge in [-0.2, -0.15) is 5.26 Å². The number of carbonyl (C=O) groups is 2. The number of nitrogens with one attached hydrogen (secondary N) is 2. The Kier molecular flexibility index (Phi) is 8.06. The average Bonchev–Trinajstić information content (AvgIpc) is 3.62. The smallest absolute Gasteiger partial charge is 0.263 e. The highest BCUT2D eigenvalue weighted by Gasteiger charge is 2.47. The van der Waals surface area contributed by atoms with Crippen LogP contribution in [0.5, 0.6) is 0 Å². The molecule has 1 saturated heterocycles. The molecule has 2 unspecified atom stereocenters. The van der Waals surface area contributed by atoms with E-state index in [1.165, 1.54) is 11.3 Å². The number of likely N-dealkylation sites (tertiary alicyclic amines) is 1. The molecule has 2 aromatic rings. The summed E-state index contributed by atoms with van der Waals surface area (Å²) in [6.07, 6.45) is 3.50. The molecule has 0 aromatic carbocycles. The van der Waals surface area contributed by atoms with Gasteiger partial charge in [0, 0.05) is 36.4 Å². The summed E-state index contributed by atoms with van der Waals surface area (Å²) in [6.45, 7) is 2.67. The van der Waals surface area contributed by atoms with E-state index in [1.54, 1.807) is 35.2 Å². The van der Waals surface area contributed by atoms with Gasteiger partial charge in [0.05, 0.1) is 17.5 Å². The van der Waals surface area contributed by atoms with Crippen LogP contribution in [0.15, 0.2) is 27.9 Å². The maximum atomic E-state index is 12.9. The molecule has 4 rings (SSSR count). The summed E-state index contributed by atoms with van der Waals surface area (Å²) < 4.78 is 0. The molecule has 37 heavy (non-hydrogen) atoms. The number of amidine groups is 1. The fourth-order valence-corrected chi connectivity index (χ4v) is 7.99. The van der Waals surface area contributed by atoms with Crippen LogP contribution < -0.4 is 11.2 Å². The number of rotatable bonds is 7. The van der Waals surface area contributed by atoms with Crippen LogP contribution in [0.2, 0.25) is 0 Å². The summed E-state index contributed by atoms with van der Waals surface area (Å²) >= 11 is 2.96. The van der Waals surface area contributed by atoms with Gasteiger partial charge in [0.15, 0.2) is 5.84 Å². The van der Waals surface area contributed by atoms with Crippen molar-refractivity contribution in [1.29, 1.82) is 10.7 Å². The van der Waals surface area contributed by atoms with Crippen LogP contribution in [0, 0.1) is 16.7 Å². The van der Waals surface area contributed by atoms with Crippen molar-refractivity contribution >= 4 is 40.3 Å². The average molecular weight is 541 g/mol. The summed E-state index contributed by atoms with van der Waals surface area (Å²) in [4.78, 5) is 31.4. The Labute approximate surface area is 224 Å². The topological polar surface area (TPSA) is 151 Å². The maximum absolute atomic E-state index is 12.9. The summed E-state index contributed by atoms with van der Waals surface area (Å²) in [5.74, 6) is 5.26. The number of carbonyl (C=O) groups excluding carboxylic acids is 2. The zero-order chi connectivity index (χ0) is 26.7. The Morgan fingerprint density at radius 2 is 2.14 bits per heavy atom. The lowest BCUT2D eigenvalue weighted by Gasteiger charge is -2.34. The molecule has 2 aliphatic rings. The monoisotopic (exact) mass is 540 g/mol. The normalized spacial score (nSPS) is 21.7. The molecular weight excluding hydrogens is 508 g/mol. The fraction of sp³-hybridized carbons (Fsp3) is 0.520. The van der Waals surface area contributed by atoms with Gasteiger partial charge in [-0.25, -0.2) is 0 Å². The van der Waals surface area contributed by atoms with Crippen molar-refractivity contribution in [2.75, 3.05) is 27.2 Å². The molecule has 0 radical (unpaired) electrons. The number of amides is 2. The van der Waals surface area contributed by atoms with Gasteiger partial charge in [0.25, 0.3) is 5.91 Å². The molecular formula is C25H32N8O2S2. The molecule has 2 aromatic heterocycles. The van der Waals surface area contributed by atoms with E-state index in [0.29, 0.717) is 24.3 Å². The van der Waals surface area contributed by atoms with Crippen molar-refractivity contribution in [2.24, 2.45) is 16.2 Å². The quantitative estimate of drug-likeness (QED) is 0.162. The van der Waals surface area contributed by atoms with Gasteiger partial charge in [-0.1, -0.05) is 5.22 Å².